The van der Waals surface area contributed by atoms with E-state index in [1.165, 1.54) is 6.92 Å². The Hall–Kier alpha value is -1.58. The molecule has 0 atom stereocenters. The third-order valence-electron chi connectivity index (χ3n) is 2.83. The molecule has 0 spiro atoms. The zero-order valence-corrected chi connectivity index (χ0v) is 10.2. The van der Waals surface area contributed by atoms with E-state index in [2.05, 4.69) is 0 Å². The molecule has 1 aromatic heterocycles. The van der Waals surface area contributed by atoms with Crippen LogP contribution >= 0.6 is 0 Å². The van der Waals surface area contributed by atoms with Crippen molar-refractivity contribution in [1.29, 1.82) is 0 Å². The zero-order valence-electron chi connectivity index (χ0n) is 10.2. The van der Waals surface area contributed by atoms with Gasteiger partial charge in [-0.3, -0.25) is 9.59 Å². The molecule has 0 bridgehead atoms. The lowest BCUT2D eigenvalue weighted by Gasteiger charge is -2.20. The summed E-state index contributed by atoms with van der Waals surface area (Å²) in [6.45, 7) is 3.80. The van der Waals surface area contributed by atoms with Gasteiger partial charge in [0.25, 0.3) is 0 Å². The maximum Gasteiger partial charge on any atom is 0.230 e. The van der Waals surface area contributed by atoms with Crippen LogP contribution < -0.4 is 0 Å². The molecule has 0 aromatic carbocycles. The van der Waals surface area contributed by atoms with Crippen molar-refractivity contribution in [3.05, 3.63) is 23.7 Å². The first-order chi connectivity index (χ1) is 8.06. The van der Waals surface area contributed by atoms with Gasteiger partial charge in [0, 0.05) is 6.04 Å². The number of carbonyl (C=O) groups excluding carboxylic acids is 2. The molecule has 1 aliphatic carbocycles. The Morgan fingerprint density at radius 3 is 2.59 bits per heavy atom. The van der Waals surface area contributed by atoms with Crippen LogP contribution in [0, 0.1) is 6.92 Å². The van der Waals surface area contributed by atoms with Crippen LogP contribution in [0.1, 0.15) is 37.7 Å². The molecule has 1 aromatic rings. The number of aryl methyl sites for hydroxylation is 1. The van der Waals surface area contributed by atoms with Crippen LogP contribution in [0.3, 0.4) is 0 Å². The Labute approximate surface area is 101 Å². The van der Waals surface area contributed by atoms with Gasteiger partial charge in [-0.1, -0.05) is 0 Å². The maximum atomic E-state index is 11.9. The van der Waals surface area contributed by atoms with E-state index < -0.39 is 0 Å². The third-order valence-corrected chi connectivity index (χ3v) is 2.83. The fraction of sp³-hybridized carbons (Fsp3) is 0.538. The minimum absolute atomic E-state index is 0.00378. The highest BCUT2D eigenvalue weighted by molar-refractivity contribution is 5.97. The largest absolute Gasteiger partial charge is 0.464 e. The average Bonchev–Trinajstić information content (AvgIpc) is 2.98. The quantitative estimate of drug-likeness (QED) is 0.734. The van der Waals surface area contributed by atoms with Gasteiger partial charge in [-0.15, -0.1) is 0 Å². The van der Waals surface area contributed by atoms with E-state index in [-0.39, 0.29) is 18.1 Å². The van der Waals surface area contributed by atoms with Crippen molar-refractivity contribution in [2.75, 3.05) is 0 Å². The highest BCUT2D eigenvalue weighted by Gasteiger charge is 2.33. The number of ketones is 1. The summed E-state index contributed by atoms with van der Waals surface area (Å²) in [5.74, 6) is 1.45. The molecule has 1 fully saturated rings. The molecule has 1 saturated carbocycles. The number of nitrogens with zero attached hydrogens (tertiary/aromatic N) is 1. The average molecular weight is 235 g/mol. The molecule has 0 saturated heterocycles. The molecular weight excluding hydrogens is 218 g/mol. The number of amides is 1. The highest BCUT2D eigenvalue weighted by atomic mass is 16.3. The van der Waals surface area contributed by atoms with Crippen molar-refractivity contribution in [2.24, 2.45) is 0 Å². The van der Waals surface area contributed by atoms with Gasteiger partial charge in [0.1, 0.15) is 17.3 Å². The fourth-order valence-electron chi connectivity index (χ4n) is 1.86. The lowest BCUT2D eigenvalue weighted by Crippen LogP contribution is -2.33. The third kappa shape index (κ3) is 3.19. The van der Waals surface area contributed by atoms with Gasteiger partial charge in [-0.25, -0.2) is 0 Å². The van der Waals surface area contributed by atoms with Crippen molar-refractivity contribution in [2.45, 2.75) is 45.7 Å². The van der Waals surface area contributed by atoms with Crippen LogP contribution in [0.5, 0.6) is 0 Å². The SMILES string of the molecule is CC(=O)CC(=O)N(Cc1ccc(C)o1)C1CC1. The van der Waals surface area contributed by atoms with Gasteiger partial charge in [-0.2, -0.15) is 0 Å². The molecule has 4 nitrogen and oxygen atoms in total. The van der Waals surface area contributed by atoms with E-state index in [1.54, 1.807) is 4.90 Å². The summed E-state index contributed by atoms with van der Waals surface area (Å²) in [6, 6.07) is 4.06. The zero-order chi connectivity index (χ0) is 12.4. The second kappa shape index (κ2) is 4.73. The minimum atomic E-state index is -0.0888. The minimum Gasteiger partial charge on any atom is -0.464 e. The van der Waals surface area contributed by atoms with Gasteiger partial charge in [0.2, 0.25) is 5.91 Å². The molecule has 0 N–H and O–H groups in total. The van der Waals surface area contributed by atoms with Crippen molar-refractivity contribution < 1.29 is 14.0 Å². The first-order valence-corrected chi connectivity index (χ1v) is 5.90. The summed E-state index contributed by atoms with van der Waals surface area (Å²) in [4.78, 5) is 24.7. The van der Waals surface area contributed by atoms with E-state index in [9.17, 15) is 9.59 Å². The van der Waals surface area contributed by atoms with Gasteiger partial charge in [0.15, 0.2) is 0 Å². The van der Waals surface area contributed by atoms with Crippen LogP contribution in [0.2, 0.25) is 0 Å². The highest BCUT2D eigenvalue weighted by Crippen LogP contribution is 2.29. The van der Waals surface area contributed by atoms with E-state index >= 15 is 0 Å². The Morgan fingerprint density at radius 2 is 2.12 bits per heavy atom. The van der Waals surface area contributed by atoms with Crippen molar-refractivity contribution >= 4 is 11.7 Å². The van der Waals surface area contributed by atoms with E-state index in [1.807, 2.05) is 19.1 Å². The Bertz CT molecular complexity index is 432. The number of hydrogen-bond acceptors (Lipinski definition) is 3. The first-order valence-electron chi connectivity index (χ1n) is 5.90. The van der Waals surface area contributed by atoms with Gasteiger partial charge >= 0.3 is 0 Å². The maximum absolute atomic E-state index is 11.9. The summed E-state index contributed by atoms with van der Waals surface area (Å²) in [5, 5.41) is 0. The first kappa shape index (κ1) is 11.9. The number of furan rings is 1. The summed E-state index contributed by atoms with van der Waals surface area (Å²) in [5.41, 5.74) is 0. The molecule has 1 aliphatic rings. The Balaban J connectivity index is 2.02. The topological polar surface area (TPSA) is 50.5 Å². The van der Waals surface area contributed by atoms with E-state index in [0.717, 1.165) is 24.4 Å². The van der Waals surface area contributed by atoms with Crippen LogP contribution in [0.25, 0.3) is 0 Å². The van der Waals surface area contributed by atoms with Crippen LogP contribution in [0.4, 0.5) is 0 Å². The smallest absolute Gasteiger partial charge is 0.230 e. The monoisotopic (exact) mass is 235 g/mol. The molecule has 2 rings (SSSR count). The number of carbonyl (C=O) groups is 2. The fourth-order valence-corrected chi connectivity index (χ4v) is 1.86. The Morgan fingerprint density at radius 1 is 1.41 bits per heavy atom. The standard InChI is InChI=1S/C13H17NO3/c1-9(15)7-13(16)14(11-4-5-11)8-12-6-3-10(2)17-12/h3,6,11H,4-5,7-8H2,1-2H3. The molecule has 0 aliphatic heterocycles. The van der Waals surface area contributed by atoms with Crippen LogP contribution in [-0.2, 0) is 16.1 Å². The molecule has 92 valence electrons. The van der Waals surface area contributed by atoms with E-state index in [0.29, 0.717) is 12.6 Å². The summed E-state index contributed by atoms with van der Waals surface area (Å²) < 4.78 is 5.47. The molecule has 1 amide bonds. The lowest BCUT2D eigenvalue weighted by atomic mass is 10.2. The summed E-state index contributed by atoms with van der Waals surface area (Å²) in [6.07, 6.45) is 2.06. The second-order valence-electron chi connectivity index (χ2n) is 4.64. The number of Topliss-reactive ketones (excluding diaryl/α,β-unsaturated/α-hetero) is 1. The van der Waals surface area contributed by atoms with Gasteiger partial charge in [-0.05, 0) is 38.8 Å². The summed E-state index contributed by atoms with van der Waals surface area (Å²) in [7, 11) is 0. The number of rotatable bonds is 5. The van der Waals surface area contributed by atoms with Gasteiger partial charge in [0.05, 0.1) is 13.0 Å². The van der Waals surface area contributed by atoms with Crippen LogP contribution in [-0.4, -0.2) is 22.6 Å². The number of hydrogen-bond donors (Lipinski definition) is 0. The molecule has 1 heterocycles. The second-order valence-corrected chi connectivity index (χ2v) is 4.64. The van der Waals surface area contributed by atoms with Crippen molar-refractivity contribution in [1.82, 2.24) is 4.90 Å². The molecular formula is C13H17NO3. The predicted octanol–water partition coefficient (Wildman–Crippen LogP) is 2.06. The van der Waals surface area contributed by atoms with Crippen LogP contribution in [0.15, 0.2) is 16.5 Å². The molecule has 4 heteroatoms. The molecule has 0 unspecified atom stereocenters. The van der Waals surface area contributed by atoms with Crippen molar-refractivity contribution in [3.8, 4) is 0 Å². The summed E-state index contributed by atoms with van der Waals surface area (Å²) >= 11 is 0. The van der Waals surface area contributed by atoms with Gasteiger partial charge < -0.3 is 9.32 Å². The molecule has 0 radical (unpaired) electrons. The molecule has 17 heavy (non-hydrogen) atoms. The predicted molar refractivity (Wildman–Crippen MR) is 62.3 cm³/mol. The normalized spacial score (nSPS) is 14.7. The van der Waals surface area contributed by atoms with Crippen molar-refractivity contribution in [3.63, 3.8) is 0 Å². The lowest BCUT2D eigenvalue weighted by molar-refractivity contribution is -0.136. The Kier molecular flexibility index (Phi) is 3.31. The van der Waals surface area contributed by atoms with E-state index in [4.69, 9.17) is 4.42 Å².